The summed E-state index contributed by atoms with van der Waals surface area (Å²) >= 11 is 2.36. The molecule has 0 aliphatic heterocycles. The number of hydrogen-bond acceptors (Lipinski definition) is 2. The maximum atomic E-state index is 12.3. The molecule has 0 spiro atoms. The van der Waals surface area contributed by atoms with Crippen LogP contribution in [0.25, 0.3) is 0 Å². The van der Waals surface area contributed by atoms with Crippen molar-refractivity contribution in [3.8, 4) is 0 Å². The van der Waals surface area contributed by atoms with Crippen LogP contribution in [-0.4, -0.2) is 27.5 Å². The summed E-state index contributed by atoms with van der Waals surface area (Å²) in [5.41, 5.74) is 0.806. The van der Waals surface area contributed by atoms with Crippen molar-refractivity contribution in [1.29, 1.82) is 0 Å². The molecule has 0 N–H and O–H groups in total. The zero-order valence-corrected chi connectivity index (χ0v) is 14.7. The first-order chi connectivity index (χ1) is 9.45. The van der Waals surface area contributed by atoms with Crippen LogP contribution in [0.2, 0.25) is 0 Å². The highest BCUT2D eigenvalue weighted by Crippen LogP contribution is 2.17. The minimum atomic E-state index is -0.227. The highest BCUT2D eigenvalue weighted by atomic mass is 127. The second-order valence-electron chi connectivity index (χ2n) is 5.76. The summed E-state index contributed by atoms with van der Waals surface area (Å²) in [6, 6.07) is 9.78. The van der Waals surface area contributed by atoms with Crippen LogP contribution in [-0.2, 0) is 11.3 Å². The summed E-state index contributed by atoms with van der Waals surface area (Å²) in [6.07, 6.45) is 1.91. The van der Waals surface area contributed by atoms with Gasteiger partial charge in [0.1, 0.15) is 6.61 Å². The molecule has 1 aromatic carbocycles. The Hall–Kier alpha value is -0.780. The third kappa shape index (κ3) is 6.11. The van der Waals surface area contributed by atoms with Crippen LogP contribution >= 0.6 is 22.6 Å². The van der Waals surface area contributed by atoms with E-state index in [2.05, 4.69) is 22.6 Å². The van der Waals surface area contributed by atoms with Crippen molar-refractivity contribution < 1.29 is 9.53 Å². The molecule has 0 saturated heterocycles. The van der Waals surface area contributed by atoms with Crippen molar-refractivity contribution in [3.05, 3.63) is 35.9 Å². The lowest BCUT2D eigenvalue weighted by molar-refractivity contribution is 0.0621. The van der Waals surface area contributed by atoms with E-state index >= 15 is 0 Å². The van der Waals surface area contributed by atoms with E-state index in [1.54, 1.807) is 0 Å². The number of nitrogens with zero attached hydrogens (tertiary/aromatic N) is 1. The fourth-order valence-electron chi connectivity index (χ4n) is 1.86. The van der Waals surface area contributed by atoms with Crippen LogP contribution < -0.4 is 0 Å². The van der Waals surface area contributed by atoms with Crippen molar-refractivity contribution in [2.75, 3.05) is 11.0 Å². The molecule has 0 radical (unpaired) electrons. The van der Waals surface area contributed by atoms with E-state index in [4.69, 9.17) is 4.74 Å². The second-order valence-corrected chi connectivity index (χ2v) is 6.84. The average Bonchev–Trinajstić information content (AvgIpc) is 2.41. The predicted octanol–water partition coefficient (Wildman–Crippen LogP) is 4.64. The Morgan fingerprint density at radius 2 is 1.85 bits per heavy atom. The summed E-state index contributed by atoms with van der Waals surface area (Å²) in [6.45, 7) is 7.21. The number of halogens is 1. The van der Waals surface area contributed by atoms with Gasteiger partial charge in [0, 0.05) is 12.1 Å². The van der Waals surface area contributed by atoms with E-state index in [1.165, 1.54) is 0 Å². The summed E-state index contributed by atoms with van der Waals surface area (Å²) in [4.78, 5) is 14.1. The zero-order chi connectivity index (χ0) is 15.0. The third-order valence-corrected chi connectivity index (χ3v) is 3.76. The maximum absolute atomic E-state index is 12.3. The molecular weight excluding hydrogens is 365 g/mol. The van der Waals surface area contributed by atoms with Gasteiger partial charge in [-0.25, -0.2) is 4.79 Å². The van der Waals surface area contributed by atoms with E-state index in [1.807, 2.05) is 56.0 Å². The molecule has 0 fully saturated rings. The largest absolute Gasteiger partial charge is 0.445 e. The first-order valence-corrected chi connectivity index (χ1v) is 8.52. The first-order valence-electron chi connectivity index (χ1n) is 6.99. The molecule has 4 heteroatoms. The summed E-state index contributed by atoms with van der Waals surface area (Å²) < 4.78 is 6.55. The molecule has 1 rings (SSSR count). The molecule has 0 unspecified atom stereocenters. The number of benzene rings is 1. The van der Waals surface area contributed by atoms with Crippen molar-refractivity contribution in [3.63, 3.8) is 0 Å². The van der Waals surface area contributed by atoms with E-state index in [9.17, 15) is 4.79 Å². The van der Waals surface area contributed by atoms with Gasteiger partial charge in [-0.1, -0.05) is 52.9 Å². The minimum Gasteiger partial charge on any atom is -0.445 e. The molecule has 1 amide bonds. The molecule has 0 saturated carbocycles. The lowest BCUT2D eigenvalue weighted by Gasteiger charge is -2.34. The van der Waals surface area contributed by atoms with E-state index in [0.29, 0.717) is 6.61 Å². The van der Waals surface area contributed by atoms with Gasteiger partial charge < -0.3 is 9.64 Å². The van der Waals surface area contributed by atoms with Crippen LogP contribution in [0, 0.1) is 0 Å². The smallest absolute Gasteiger partial charge is 0.410 e. The van der Waals surface area contributed by atoms with Gasteiger partial charge in [-0.15, -0.1) is 0 Å². The monoisotopic (exact) mass is 389 g/mol. The lowest BCUT2D eigenvalue weighted by atomic mass is 10.1. The number of ether oxygens (including phenoxy) is 1. The Morgan fingerprint density at radius 1 is 1.20 bits per heavy atom. The molecule has 0 atom stereocenters. The summed E-state index contributed by atoms with van der Waals surface area (Å²) in [7, 11) is 0. The molecule has 1 aromatic rings. The van der Waals surface area contributed by atoms with E-state index in [-0.39, 0.29) is 11.6 Å². The number of carbonyl (C=O) groups is 1. The molecule has 0 heterocycles. The van der Waals surface area contributed by atoms with E-state index in [0.717, 1.165) is 29.4 Å². The molecule has 0 aromatic heterocycles. The Balaban J connectivity index is 2.55. The number of alkyl halides is 1. The number of rotatable bonds is 6. The van der Waals surface area contributed by atoms with Gasteiger partial charge in [0.15, 0.2) is 0 Å². The fraction of sp³-hybridized carbons (Fsp3) is 0.562. The van der Waals surface area contributed by atoms with Crippen LogP contribution in [0.1, 0.15) is 39.2 Å². The van der Waals surface area contributed by atoms with Crippen LogP contribution in [0.5, 0.6) is 0 Å². The van der Waals surface area contributed by atoms with Gasteiger partial charge in [-0.2, -0.15) is 0 Å². The van der Waals surface area contributed by atoms with Crippen LogP contribution in [0.3, 0.4) is 0 Å². The molecular formula is C16H24INO2. The maximum Gasteiger partial charge on any atom is 0.410 e. The quantitative estimate of drug-likeness (QED) is 0.403. The van der Waals surface area contributed by atoms with Gasteiger partial charge in [0.25, 0.3) is 0 Å². The number of amides is 1. The summed E-state index contributed by atoms with van der Waals surface area (Å²) in [5.74, 6) is 0. The predicted molar refractivity (Wildman–Crippen MR) is 91.2 cm³/mol. The van der Waals surface area contributed by atoms with Gasteiger partial charge in [-0.05, 0) is 43.6 Å². The zero-order valence-electron chi connectivity index (χ0n) is 12.6. The molecule has 112 valence electrons. The SMILES string of the molecule is CC(C)(C)N(CCCCI)C(=O)OCc1ccccc1. The lowest BCUT2D eigenvalue weighted by Crippen LogP contribution is -2.46. The Kier molecular flexibility index (Phi) is 7.34. The van der Waals surface area contributed by atoms with Crippen LogP contribution in [0.4, 0.5) is 4.79 Å². The Labute approximate surface area is 135 Å². The normalized spacial score (nSPS) is 11.2. The Morgan fingerprint density at radius 3 is 2.40 bits per heavy atom. The van der Waals surface area contributed by atoms with Gasteiger partial charge in [0.2, 0.25) is 0 Å². The fourth-order valence-corrected chi connectivity index (χ4v) is 2.40. The molecule has 20 heavy (non-hydrogen) atoms. The Bertz CT molecular complexity index is 401. The van der Waals surface area contributed by atoms with Crippen molar-refractivity contribution in [2.45, 2.75) is 45.8 Å². The first kappa shape index (κ1) is 17.3. The standard InChI is InChI=1S/C16H24INO2/c1-16(2,3)18(12-8-7-11-17)15(19)20-13-14-9-5-4-6-10-14/h4-6,9-10H,7-8,11-13H2,1-3H3. The van der Waals surface area contributed by atoms with Gasteiger partial charge >= 0.3 is 6.09 Å². The van der Waals surface area contributed by atoms with Crippen molar-refractivity contribution >= 4 is 28.7 Å². The topological polar surface area (TPSA) is 29.5 Å². The second kappa shape index (κ2) is 8.49. The van der Waals surface area contributed by atoms with Crippen molar-refractivity contribution in [1.82, 2.24) is 4.90 Å². The van der Waals surface area contributed by atoms with E-state index < -0.39 is 0 Å². The number of unbranched alkanes of at least 4 members (excludes halogenated alkanes) is 1. The highest BCUT2D eigenvalue weighted by Gasteiger charge is 2.27. The molecule has 3 nitrogen and oxygen atoms in total. The van der Waals surface area contributed by atoms with Gasteiger partial charge in [-0.3, -0.25) is 0 Å². The minimum absolute atomic E-state index is 0.209. The summed E-state index contributed by atoms with van der Waals surface area (Å²) in [5, 5.41) is 0. The average molecular weight is 389 g/mol. The molecule has 0 aliphatic carbocycles. The van der Waals surface area contributed by atoms with Crippen LogP contribution in [0.15, 0.2) is 30.3 Å². The van der Waals surface area contributed by atoms with Gasteiger partial charge in [0.05, 0.1) is 0 Å². The molecule has 0 bridgehead atoms. The number of hydrogen-bond donors (Lipinski definition) is 0. The number of carbonyl (C=O) groups excluding carboxylic acids is 1. The van der Waals surface area contributed by atoms with Crippen molar-refractivity contribution in [2.24, 2.45) is 0 Å². The highest BCUT2D eigenvalue weighted by molar-refractivity contribution is 14.1. The molecule has 0 aliphatic rings. The third-order valence-electron chi connectivity index (χ3n) is 3.00.